The van der Waals surface area contributed by atoms with E-state index in [0.717, 1.165) is 0 Å². The molecule has 144 valence electrons. The van der Waals surface area contributed by atoms with Gasteiger partial charge in [0.25, 0.3) is 0 Å². The molecule has 2 aromatic carbocycles. The van der Waals surface area contributed by atoms with Crippen molar-refractivity contribution in [3.8, 4) is 0 Å². The molecule has 0 atom stereocenters. The SMILES string of the molecule is Cc1c(C)c(C)c2c(cc[n+]3c(C)c4c(C)c(C)c(C)c(C)c4c(C)c23)c1C. The Morgan fingerprint density at radius 2 is 0.929 bits per heavy atom. The third kappa shape index (κ3) is 2.16. The van der Waals surface area contributed by atoms with Crippen LogP contribution in [0.25, 0.3) is 27.1 Å². The molecule has 1 heteroatoms. The highest BCUT2D eigenvalue weighted by Gasteiger charge is 2.25. The maximum absolute atomic E-state index is 2.43. The van der Waals surface area contributed by atoms with Gasteiger partial charge < -0.3 is 0 Å². The van der Waals surface area contributed by atoms with Gasteiger partial charge in [0.05, 0.1) is 10.8 Å². The maximum Gasteiger partial charge on any atom is 0.222 e. The second-order valence-corrected chi connectivity index (χ2v) is 8.78. The van der Waals surface area contributed by atoms with Gasteiger partial charge in [0.2, 0.25) is 5.52 Å². The summed E-state index contributed by atoms with van der Waals surface area (Å²) in [7, 11) is 0. The van der Waals surface area contributed by atoms with Gasteiger partial charge in [0, 0.05) is 23.9 Å². The summed E-state index contributed by atoms with van der Waals surface area (Å²) < 4.78 is 2.43. The number of aryl methyl sites for hydroxylation is 6. The summed E-state index contributed by atoms with van der Waals surface area (Å²) in [4.78, 5) is 0. The van der Waals surface area contributed by atoms with Gasteiger partial charge in [-0.2, -0.15) is 4.40 Å². The van der Waals surface area contributed by atoms with Crippen LogP contribution in [-0.2, 0) is 0 Å². The monoisotopic (exact) mass is 370 g/mol. The lowest BCUT2D eigenvalue weighted by Crippen LogP contribution is -2.28. The van der Waals surface area contributed by atoms with Gasteiger partial charge in [0.15, 0.2) is 11.9 Å². The zero-order chi connectivity index (χ0) is 20.7. The topological polar surface area (TPSA) is 4.10 Å². The van der Waals surface area contributed by atoms with Crippen molar-refractivity contribution in [3.05, 3.63) is 68.0 Å². The van der Waals surface area contributed by atoms with Crippen LogP contribution in [0.15, 0.2) is 12.3 Å². The van der Waals surface area contributed by atoms with E-state index in [1.807, 2.05) is 0 Å². The van der Waals surface area contributed by atoms with Crippen molar-refractivity contribution in [3.63, 3.8) is 0 Å². The Morgan fingerprint density at radius 1 is 0.464 bits per heavy atom. The van der Waals surface area contributed by atoms with Crippen LogP contribution in [0.3, 0.4) is 0 Å². The Labute approximate surface area is 169 Å². The first-order valence-corrected chi connectivity index (χ1v) is 10.3. The van der Waals surface area contributed by atoms with Gasteiger partial charge in [-0.25, -0.2) is 0 Å². The fourth-order valence-electron chi connectivity index (χ4n) is 5.32. The molecule has 0 aliphatic heterocycles. The third-order valence-corrected chi connectivity index (χ3v) is 7.74. The fraction of sp³-hybridized carbons (Fsp3) is 0.370. The van der Waals surface area contributed by atoms with Gasteiger partial charge >= 0.3 is 0 Å². The minimum atomic E-state index is 1.34. The molecule has 1 nitrogen and oxygen atoms in total. The van der Waals surface area contributed by atoms with E-state index in [0.29, 0.717) is 0 Å². The summed E-state index contributed by atoms with van der Waals surface area (Å²) in [5.74, 6) is 0. The highest BCUT2D eigenvalue weighted by molar-refractivity contribution is 6.06. The van der Waals surface area contributed by atoms with Crippen LogP contribution in [0, 0.1) is 69.2 Å². The Balaban J connectivity index is 2.44. The number of fused-ring (bicyclic) bond motifs is 4. The molecule has 2 aromatic heterocycles. The Kier molecular flexibility index (Phi) is 4.08. The number of hydrogen-bond donors (Lipinski definition) is 0. The average molecular weight is 371 g/mol. The molecule has 0 radical (unpaired) electrons. The highest BCUT2D eigenvalue weighted by atomic mass is 14.9. The lowest BCUT2D eigenvalue weighted by Gasteiger charge is -2.19. The van der Waals surface area contributed by atoms with Crippen molar-refractivity contribution >= 4 is 27.1 Å². The first kappa shape index (κ1) is 18.9. The van der Waals surface area contributed by atoms with Crippen LogP contribution < -0.4 is 4.40 Å². The van der Waals surface area contributed by atoms with E-state index in [-0.39, 0.29) is 0 Å². The second kappa shape index (κ2) is 6.04. The molecular weight excluding hydrogens is 338 g/mol. The molecule has 0 aliphatic carbocycles. The Hall–Kier alpha value is -2.41. The molecule has 0 amide bonds. The molecule has 0 bridgehead atoms. The normalized spacial score (nSPS) is 11.9. The number of aromatic nitrogens is 1. The second-order valence-electron chi connectivity index (χ2n) is 8.78. The standard InChI is InChI=1S/C27H32N/c1-13-14(2)20(8)26-23(17(13)5)11-12-28-22(10)25-19(7)16(4)15(3)18(6)24(25)21(9)27(26)28/h11-12H,1-10H3/q+1. The predicted molar refractivity (Wildman–Crippen MR) is 122 cm³/mol. The molecule has 4 aromatic rings. The summed E-state index contributed by atoms with van der Waals surface area (Å²) in [5.41, 5.74) is 15.5. The molecular formula is C27H32N+. The molecule has 0 aliphatic rings. The fourth-order valence-corrected chi connectivity index (χ4v) is 5.32. The quantitative estimate of drug-likeness (QED) is 0.182. The van der Waals surface area contributed by atoms with Crippen molar-refractivity contribution in [2.24, 2.45) is 0 Å². The molecule has 0 spiro atoms. The van der Waals surface area contributed by atoms with Crippen molar-refractivity contribution in [2.75, 3.05) is 0 Å². The lowest BCUT2D eigenvalue weighted by atomic mass is 9.86. The maximum atomic E-state index is 2.43. The summed E-state index contributed by atoms with van der Waals surface area (Å²) in [6.07, 6.45) is 2.28. The molecule has 2 heterocycles. The number of rotatable bonds is 0. The first-order valence-electron chi connectivity index (χ1n) is 10.3. The predicted octanol–water partition coefficient (Wildman–Crippen LogP) is 6.82. The van der Waals surface area contributed by atoms with E-state index < -0.39 is 0 Å². The highest BCUT2D eigenvalue weighted by Crippen LogP contribution is 2.37. The molecule has 0 fully saturated rings. The van der Waals surface area contributed by atoms with Gasteiger partial charge in [0.1, 0.15) is 0 Å². The van der Waals surface area contributed by atoms with E-state index in [9.17, 15) is 0 Å². The van der Waals surface area contributed by atoms with Crippen LogP contribution in [0.5, 0.6) is 0 Å². The molecule has 0 N–H and O–H groups in total. The van der Waals surface area contributed by atoms with Crippen LogP contribution in [0.4, 0.5) is 0 Å². The van der Waals surface area contributed by atoms with E-state index in [1.54, 1.807) is 0 Å². The molecule has 0 saturated carbocycles. The average Bonchev–Trinajstić information content (AvgIpc) is 2.68. The van der Waals surface area contributed by atoms with Gasteiger partial charge in [-0.3, -0.25) is 0 Å². The van der Waals surface area contributed by atoms with Gasteiger partial charge in [-0.1, -0.05) is 0 Å². The Bertz CT molecular complexity index is 1340. The number of benzene rings is 2. The molecule has 0 saturated heterocycles. The first-order chi connectivity index (χ1) is 13.1. The molecule has 4 rings (SSSR count). The summed E-state index contributed by atoms with van der Waals surface area (Å²) in [6, 6.07) is 2.32. The number of pyridine rings is 2. The van der Waals surface area contributed by atoms with Crippen LogP contribution in [0.1, 0.15) is 55.8 Å². The Morgan fingerprint density at radius 3 is 1.50 bits per heavy atom. The zero-order valence-electron chi connectivity index (χ0n) is 19.1. The largest absolute Gasteiger partial charge is 0.222 e. The van der Waals surface area contributed by atoms with E-state index >= 15 is 0 Å². The van der Waals surface area contributed by atoms with Crippen molar-refractivity contribution in [1.29, 1.82) is 0 Å². The van der Waals surface area contributed by atoms with Crippen molar-refractivity contribution in [2.45, 2.75) is 69.2 Å². The van der Waals surface area contributed by atoms with Gasteiger partial charge in [-0.05, 0) is 112 Å². The van der Waals surface area contributed by atoms with Crippen LogP contribution in [0.2, 0.25) is 0 Å². The van der Waals surface area contributed by atoms with E-state index in [2.05, 4.69) is 85.9 Å². The summed E-state index contributed by atoms with van der Waals surface area (Å²) in [6.45, 7) is 22.8. The van der Waals surface area contributed by atoms with Gasteiger partial charge in [-0.15, -0.1) is 0 Å². The van der Waals surface area contributed by atoms with Crippen LogP contribution >= 0.6 is 0 Å². The van der Waals surface area contributed by atoms with Crippen LogP contribution in [-0.4, -0.2) is 0 Å². The minimum absolute atomic E-state index is 1.34. The molecule has 0 unspecified atom stereocenters. The summed E-state index contributed by atoms with van der Waals surface area (Å²) in [5, 5.41) is 5.68. The van der Waals surface area contributed by atoms with E-state index in [1.165, 1.54) is 82.8 Å². The van der Waals surface area contributed by atoms with Crippen molar-refractivity contribution < 1.29 is 4.40 Å². The third-order valence-electron chi connectivity index (χ3n) is 7.74. The van der Waals surface area contributed by atoms with Crippen molar-refractivity contribution in [1.82, 2.24) is 0 Å². The smallest absolute Gasteiger partial charge is 0.163 e. The molecule has 28 heavy (non-hydrogen) atoms. The number of hydrogen-bond acceptors (Lipinski definition) is 0. The zero-order valence-corrected chi connectivity index (χ0v) is 19.1. The van der Waals surface area contributed by atoms with E-state index in [4.69, 9.17) is 0 Å². The number of nitrogens with zero attached hydrogens (tertiary/aromatic N) is 1. The minimum Gasteiger partial charge on any atom is -0.163 e. The lowest BCUT2D eigenvalue weighted by molar-refractivity contribution is -0.517. The summed E-state index contributed by atoms with van der Waals surface area (Å²) >= 11 is 0.